The highest BCUT2D eigenvalue weighted by Crippen LogP contribution is 2.22. The fraction of sp³-hybridized carbons (Fsp3) is 0.300. The van der Waals surface area contributed by atoms with E-state index < -0.39 is 12.0 Å². The van der Waals surface area contributed by atoms with Crippen molar-refractivity contribution in [3.63, 3.8) is 0 Å². The van der Waals surface area contributed by atoms with Gasteiger partial charge < -0.3 is 10.4 Å². The number of hydrogen-bond donors (Lipinski definition) is 2. The van der Waals surface area contributed by atoms with E-state index in [-0.39, 0.29) is 17.7 Å². The van der Waals surface area contributed by atoms with Gasteiger partial charge in [0, 0.05) is 15.6 Å². The Labute approximate surface area is 161 Å². The van der Waals surface area contributed by atoms with Crippen molar-refractivity contribution in [2.45, 2.75) is 38.6 Å². The monoisotopic (exact) mass is 451 g/mol. The second-order valence-electron chi connectivity index (χ2n) is 7.03. The van der Waals surface area contributed by atoms with Crippen molar-refractivity contribution < 1.29 is 14.7 Å². The Morgan fingerprint density at radius 1 is 1.12 bits per heavy atom. The van der Waals surface area contributed by atoms with Gasteiger partial charge in [-0.1, -0.05) is 45.0 Å². The number of benzene rings is 2. The second-order valence-corrected chi connectivity index (χ2v) is 8.27. The maximum absolute atomic E-state index is 12.4. The molecule has 0 aliphatic carbocycles. The lowest BCUT2D eigenvalue weighted by atomic mass is 9.86. The van der Waals surface area contributed by atoms with E-state index in [2.05, 4.69) is 48.7 Å². The number of amides is 1. The maximum Gasteiger partial charge on any atom is 0.326 e. The second kappa shape index (κ2) is 7.99. The van der Waals surface area contributed by atoms with E-state index in [1.165, 1.54) is 0 Å². The quantitative estimate of drug-likeness (QED) is 0.676. The van der Waals surface area contributed by atoms with E-state index in [4.69, 9.17) is 0 Å². The molecule has 4 nitrogen and oxygen atoms in total. The van der Waals surface area contributed by atoms with Crippen molar-refractivity contribution in [3.8, 4) is 0 Å². The molecule has 0 saturated carbocycles. The van der Waals surface area contributed by atoms with Crippen LogP contribution in [0.3, 0.4) is 0 Å². The minimum absolute atomic E-state index is 0.00304. The van der Waals surface area contributed by atoms with Crippen molar-refractivity contribution in [1.82, 2.24) is 5.32 Å². The first-order valence-electron chi connectivity index (χ1n) is 8.05. The molecule has 0 aromatic heterocycles. The highest BCUT2D eigenvalue weighted by Gasteiger charge is 2.22. The molecule has 1 amide bonds. The van der Waals surface area contributed by atoms with Crippen LogP contribution in [-0.4, -0.2) is 23.0 Å². The third-order valence-electron chi connectivity index (χ3n) is 3.95. The Bertz CT molecular complexity index is 763. The van der Waals surface area contributed by atoms with E-state index in [0.717, 1.165) is 14.7 Å². The zero-order valence-electron chi connectivity index (χ0n) is 14.5. The third kappa shape index (κ3) is 5.56. The van der Waals surface area contributed by atoms with Crippen molar-refractivity contribution in [2.75, 3.05) is 0 Å². The summed E-state index contributed by atoms with van der Waals surface area (Å²) < 4.78 is 1.03. The molecule has 2 aromatic rings. The summed E-state index contributed by atoms with van der Waals surface area (Å²) in [6, 6.07) is 13.9. The summed E-state index contributed by atoms with van der Waals surface area (Å²) in [4.78, 5) is 23.9. The number of halogens is 1. The molecule has 0 heterocycles. The topological polar surface area (TPSA) is 66.4 Å². The van der Waals surface area contributed by atoms with Crippen LogP contribution in [0.4, 0.5) is 0 Å². The van der Waals surface area contributed by atoms with E-state index >= 15 is 0 Å². The molecule has 0 aliphatic heterocycles. The lowest BCUT2D eigenvalue weighted by Gasteiger charge is -2.19. The number of rotatable bonds is 5. The first kappa shape index (κ1) is 19.4. The van der Waals surface area contributed by atoms with Crippen LogP contribution in [0.1, 0.15) is 42.3 Å². The van der Waals surface area contributed by atoms with Crippen molar-refractivity contribution >= 4 is 34.5 Å². The Morgan fingerprint density at radius 3 is 2.28 bits per heavy atom. The molecule has 0 bridgehead atoms. The predicted octanol–water partition coefficient (Wildman–Crippen LogP) is 4.01. The Hall–Kier alpha value is -1.89. The molecule has 132 valence electrons. The summed E-state index contributed by atoms with van der Waals surface area (Å²) in [6.07, 6.45) is 0.248. The van der Waals surface area contributed by atoms with Gasteiger partial charge >= 0.3 is 5.97 Å². The van der Waals surface area contributed by atoms with Gasteiger partial charge in [-0.3, -0.25) is 4.79 Å². The number of hydrogen-bond acceptors (Lipinski definition) is 2. The van der Waals surface area contributed by atoms with Gasteiger partial charge in [0.2, 0.25) is 0 Å². The lowest BCUT2D eigenvalue weighted by Crippen LogP contribution is -2.42. The molecule has 0 spiro atoms. The lowest BCUT2D eigenvalue weighted by molar-refractivity contribution is -0.139. The van der Waals surface area contributed by atoms with Crippen LogP contribution < -0.4 is 5.32 Å². The normalized spacial score (nSPS) is 12.5. The fourth-order valence-electron chi connectivity index (χ4n) is 2.46. The molecule has 0 aliphatic rings. The maximum atomic E-state index is 12.4. The Balaban J connectivity index is 2.11. The zero-order chi connectivity index (χ0) is 18.6. The van der Waals surface area contributed by atoms with E-state index in [1.807, 2.05) is 36.4 Å². The van der Waals surface area contributed by atoms with Gasteiger partial charge in [0.1, 0.15) is 6.04 Å². The van der Waals surface area contributed by atoms with Crippen molar-refractivity contribution in [1.29, 1.82) is 0 Å². The minimum atomic E-state index is -1.04. The average Bonchev–Trinajstić information content (AvgIpc) is 2.53. The van der Waals surface area contributed by atoms with Gasteiger partial charge in [0.15, 0.2) is 0 Å². The van der Waals surface area contributed by atoms with E-state index in [1.54, 1.807) is 12.1 Å². The SMILES string of the molecule is CC(C)(C)c1ccc(C(=O)N[C@H](Cc2cccc(I)c2)C(=O)O)cc1. The predicted molar refractivity (Wildman–Crippen MR) is 107 cm³/mol. The number of carboxylic acid groups (broad SMARTS) is 1. The van der Waals surface area contributed by atoms with Crippen LogP contribution in [0.5, 0.6) is 0 Å². The van der Waals surface area contributed by atoms with E-state index in [0.29, 0.717) is 5.56 Å². The standard InChI is InChI=1S/C20H22INO3/c1-20(2,3)15-9-7-14(8-10-15)18(23)22-17(19(24)25)12-13-5-4-6-16(21)11-13/h4-11,17H,12H2,1-3H3,(H,22,23)(H,24,25)/t17-/m1/s1. The molecular formula is C20H22INO3. The number of carbonyl (C=O) groups excluding carboxylic acids is 1. The number of aliphatic carboxylic acids is 1. The van der Waals surface area contributed by atoms with Gasteiger partial charge in [-0.05, 0) is 63.4 Å². The molecule has 0 unspecified atom stereocenters. The summed E-state index contributed by atoms with van der Waals surface area (Å²) in [5, 5.41) is 12.1. The summed E-state index contributed by atoms with van der Waals surface area (Å²) >= 11 is 2.18. The van der Waals surface area contributed by atoms with Crippen LogP contribution in [0.15, 0.2) is 48.5 Å². The summed E-state index contributed by atoms with van der Waals surface area (Å²) in [5.41, 5.74) is 2.46. The third-order valence-corrected chi connectivity index (χ3v) is 4.62. The molecule has 0 radical (unpaired) electrons. The number of carboxylic acids is 1. The van der Waals surface area contributed by atoms with Crippen LogP contribution in [-0.2, 0) is 16.6 Å². The van der Waals surface area contributed by atoms with Gasteiger partial charge in [-0.25, -0.2) is 4.79 Å². The highest BCUT2D eigenvalue weighted by molar-refractivity contribution is 14.1. The summed E-state index contributed by atoms with van der Waals surface area (Å²) in [5.74, 6) is -1.42. The zero-order valence-corrected chi connectivity index (χ0v) is 16.7. The number of nitrogens with one attached hydrogen (secondary N) is 1. The fourth-order valence-corrected chi connectivity index (χ4v) is 3.07. The van der Waals surface area contributed by atoms with Crippen LogP contribution in [0, 0.1) is 3.57 Å². The minimum Gasteiger partial charge on any atom is -0.480 e. The first-order valence-corrected chi connectivity index (χ1v) is 9.13. The van der Waals surface area contributed by atoms with Crippen LogP contribution in [0.2, 0.25) is 0 Å². The summed E-state index contributed by atoms with van der Waals surface area (Å²) in [6.45, 7) is 6.30. The Morgan fingerprint density at radius 2 is 1.76 bits per heavy atom. The molecule has 0 fully saturated rings. The van der Waals surface area contributed by atoms with Gasteiger partial charge in [0.25, 0.3) is 5.91 Å². The van der Waals surface area contributed by atoms with Crippen LogP contribution >= 0.6 is 22.6 Å². The van der Waals surface area contributed by atoms with Gasteiger partial charge in [-0.2, -0.15) is 0 Å². The molecule has 25 heavy (non-hydrogen) atoms. The number of carbonyl (C=O) groups is 2. The molecule has 5 heteroatoms. The molecule has 2 rings (SSSR count). The Kier molecular flexibility index (Phi) is 6.21. The molecule has 0 saturated heterocycles. The molecular weight excluding hydrogens is 429 g/mol. The van der Waals surface area contributed by atoms with Crippen molar-refractivity contribution in [2.24, 2.45) is 0 Å². The summed E-state index contributed by atoms with van der Waals surface area (Å²) in [7, 11) is 0. The van der Waals surface area contributed by atoms with Crippen LogP contribution in [0.25, 0.3) is 0 Å². The van der Waals surface area contributed by atoms with Gasteiger partial charge in [0.05, 0.1) is 0 Å². The van der Waals surface area contributed by atoms with Gasteiger partial charge in [-0.15, -0.1) is 0 Å². The average molecular weight is 451 g/mol. The van der Waals surface area contributed by atoms with Crippen molar-refractivity contribution in [3.05, 3.63) is 68.8 Å². The smallest absolute Gasteiger partial charge is 0.326 e. The first-order chi connectivity index (χ1) is 11.7. The van der Waals surface area contributed by atoms with E-state index in [9.17, 15) is 14.7 Å². The molecule has 2 aromatic carbocycles. The molecule has 2 N–H and O–H groups in total. The molecule has 1 atom stereocenters. The largest absolute Gasteiger partial charge is 0.480 e. The highest BCUT2D eigenvalue weighted by atomic mass is 127.